The molecule has 2 atom stereocenters. The number of hydrogen-bond acceptors (Lipinski definition) is 4. The fraction of sp³-hybridized carbons (Fsp3) is 0.538. The van der Waals surface area contributed by atoms with Crippen molar-refractivity contribution in [3.8, 4) is 0 Å². The number of primary sulfonamides is 1. The fourth-order valence-electron chi connectivity index (χ4n) is 2.63. The van der Waals surface area contributed by atoms with E-state index in [9.17, 15) is 8.42 Å². The molecule has 5 nitrogen and oxygen atoms in total. The maximum Gasteiger partial charge on any atom is 0.238 e. The van der Waals surface area contributed by atoms with Gasteiger partial charge in [-0.1, -0.05) is 13.3 Å². The Morgan fingerprint density at radius 2 is 2.11 bits per heavy atom. The predicted molar refractivity (Wildman–Crippen MR) is 77.2 cm³/mol. The number of anilines is 2. The summed E-state index contributed by atoms with van der Waals surface area (Å²) in [6.45, 7) is 3.08. The first-order valence-electron chi connectivity index (χ1n) is 6.52. The number of sulfonamides is 1. The molecular formula is C13H21N3O2S. The molecule has 1 aliphatic rings. The number of rotatable bonds is 4. The molecule has 0 spiro atoms. The lowest BCUT2D eigenvalue weighted by molar-refractivity contribution is 0.537. The Morgan fingerprint density at radius 1 is 1.37 bits per heavy atom. The maximum absolute atomic E-state index is 11.3. The lowest BCUT2D eigenvalue weighted by atomic mass is 10.1. The number of nitrogens with one attached hydrogen (secondary N) is 1. The van der Waals surface area contributed by atoms with Crippen molar-refractivity contribution >= 4 is 21.4 Å². The van der Waals surface area contributed by atoms with Crippen molar-refractivity contribution in [3.05, 3.63) is 18.2 Å². The van der Waals surface area contributed by atoms with Crippen LogP contribution < -0.4 is 16.2 Å². The Bertz CT molecular complexity index is 557. The Morgan fingerprint density at radius 3 is 2.68 bits per heavy atom. The van der Waals surface area contributed by atoms with Crippen molar-refractivity contribution < 1.29 is 8.42 Å². The third-order valence-electron chi connectivity index (χ3n) is 3.74. The minimum atomic E-state index is -3.68. The van der Waals surface area contributed by atoms with E-state index < -0.39 is 10.0 Å². The summed E-state index contributed by atoms with van der Waals surface area (Å²) >= 11 is 0. The molecule has 1 saturated carbocycles. The van der Waals surface area contributed by atoms with Gasteiger partial charge in [0.25, 0.3) is 0 Å². The highest BCUT2D eigenvalue weighted by atomic mass is 32.2. The second-order valence-corrected chi connectivity index (χ2v) is 7.02. The first-order valence-corrected chi connectivity index (χ1v) is 8.07. The molecule has 1 aliphatic carbocycles. The van der Waals surface area contributed by atoms with E-state index in [-0.39, 0.29) is 4.90 Å². The van der Waals surface area contributed by atoms with Crippen LogP contribution in [-0.2, 0) is 10.0 Å². The molecule has 2 rings (SSSR count). The van der Waals surface area contributed by atoms with Gasteiger partial charge in [0, 0.05) is 6.54 Å². The van der Waals surface area contributed by atoms with E-state index in [1.807, 2.05) is 0 Å². The SMILES string of the molecule is CC1CCC(CNc2cc(S(N)(=O)=O)ccc2N)C1. The van der Waals surface area contributed by atoms with Gasteiger partial charge in [-0.25, -0.2) is 13.6 Å². The maximum atomic E-state index is 11.3. The standard InChI is InChI=1S/C13H21N3O2S/c1-9-2-3-10(6-9)8-16-13-7-11(19(15,17)18)4-5-12(13)14/h4-5,7,9-10,16H,2-3,6,8,14H2,1H3,(H2,15,17,18). The highest BCUT2D eigenvalue weighted by molar-refractivity contribution is 7.89. The van der Waals surface area contributed by atoms with Crippen LogP contribution in [-0.4, -0.2) is 15.0 Å². The summed E-state index contributed by atoms with van der Waals surface area (Å²) in [7, 11) is -3.68. The van der Waals surface area contributed by atoms with Crippen LogP contribution in [0.5, 0.6) is 0 Å². The summed E-state index contributed by atoms with van der Waals surface area (Å²) in [5.74, 6) is 1.41. The lowest BCUT2D eigenvalue weighted by Crippen LogP contribution is -2.15. The third kappa shape index (κ3) is 3.61. The Balaban J connectivity index is 2.07. The van der Waals surface area contributed by atoms with E-state index in [4.69, 9.17) is 10.9 Å². The minimum absolute atomic E-state index is 0.0870. The van der Waals surface area contributed by atoms with Gasteiger partial charge >= 0.3 is 0 Å². The average Bonchev–Trinajstić information content (AvgIpc) is 2.72. The van der Waals surface area contributed by atoms with E-state index in [1.165, 1.54) is 31.4 Å². The van der Waals surface area contributed by atoms with Crippen molar-refractivity contribution in [3.63, 3.8) is 0 Å². The quantitative estimate of drug-likeness (QED) is 0.733. The van der Waals surface area contributed by atoms with Gasteiger partial charge < -0.3 is 11.1 Å². The second-order valence-electron chi connectivity index (χ2n) is 5.46. The van der Waals surface area contributed by atoms with Crippen LogP contribution in [0.15, 0.2) is 23.1 Å². The number of hydrogen-bond donors (Lipinski definition) is 3. The molecule has 5 N–H and O–H groups in total. The summed E-state index contributed by atoms with van der Waals surface area (Å²) < 4.78 is 22.6. The zero-order chi connectivity index (χ0) is 14.0. The van der Waals surface area contributed by atoms with E-state index in [0.717, 1.165) is 12.5 Å². The van der Waals surface area contributed by atoms with E-state index in [2.05, 4.69) is 12.2 Å². The molecule has 106 valence electrons. The van der Waals surface area contributed by atoms with Crippen LogP contribution in [0, 0.1) is 11.8 Å². The molecule has 1 fully saturated rings. The first kappa shape index (κ1) is 14.1. The van der Waals surface area contributed by atoms with Gasteiger partial charge in [0.15, 0.2) is 0 Å². The van der Waals surface area contributed by atoms with Crippen molar-refractivity contribution in [1.29, 1.82) is 0 Å². The number of benzene rings is 1. The molecule has 0 aromatic heterocycles. The van der Waals surface area contributed by atoms with E-state index in [0.29, 0.717) is 17.3 Å². The van der Waals surface area contributed by atoms with Crippen LogP contribution in [0.4, 0.5) is 11.4 Å². The molecule has 0 aliphatic heterocycles. The molecule has 1 aromatic rings. The molecule has 2 unspecified atom stereocenters. The molecule has 0 radical (unpaired) electrons. The van der Waals surface area contributed by atoms with Gasteiger partial charge in [0.1, 0.15) is 0 Å². The molecule has 6 heteroatoms. The Labute approximate surface area is 114 Å². The summed E-state index contributed by atoms with van der Waals surface area (Å²) in [4.78, 5) is 0.0870. The predicted octanol–water partition coefficient (Wildman–Crippen LogP) is 1.76. The van der Waals surface area contributed by atoms with Crippen LogP contribution in [0.25, 0.3) is 0 Å². The smallest absolute Gasteiger partial charge is 0.238 e. The monoisotopic (exact) mass is 283 g/mol. The topological polar surface area (TPSA) is 98.2 Å². The van der Waals surface area contributed by atoms with E-state index >= 15 is 0 Å². The Kier molecular flexibility index (Phi) is 4.01. The second kappa shape index (κ2) is 5.38. The molecule has 1 aromatic carbocycles. The van der Waals surface area contributed by atoms with Crippen LogP contribution >= 0.6 is 0 Å². The molecule has 19 heavy (non-hydrogen) atoms. The summed E-state index contributed by atoms with van der Waals surface area (Å²) in [6, 6.07) is 4.50. The highest BCUT2D eigenvalue weighted by Crippen LogP contribution is 2.31. The molecule has 0 amide bonds. The van der Waals surface area contributed by atoms with Crippen molar-refractivity contribution in [2.24, 2.45) is 17.0 Å². The fourth-order valence-corrected chi connectivity index (χ4v) is 3.17. The van der Waals surface area contributed by atoms with Gasteiger partial charge in [-0.2, -0.15) is 0 Å². The lowest BCUT2D eigenvalue weighted by Gasteiger charge is -2.14. The van der Waals surface area contributed by atoms with Crippen LogP contribution in [0.3, 0.4) is 0 Å². The summed E-state index contributed by atoms with van der Waals surface area (Å²) in [5.41, 5.74) is 7.03. The summed E-state index contributed by atoms with van der Waals surface area (Å²) in [6.07, 6.45) is 3.68. The zero-order valence-corrected chi connectivity index (χ0v) is 11.9. The third-order valence-corrected chi connectivity index (χ3v) is 4.65. The largest absolute Gasteiger partial charge is 0.397 e. The van der Waals surface area contributed by atoms with E-state index in [1.54, 1.807) is 6.07 Å². The van der Waals surface area contributed by atoms with Gasteiger partial charge in [-0.15, -0.1) is 0 Å². The Hall–Kier alpha value is -1.27. The van der Waals surface area contributed by atoms with Gasteiger partial charge in [0.05, 0.1) is 16.3 Å². The molecular weight excluding hydrogens is 262 g/mol. The molecule has 0 heterocycles. The van der Waals surface area contributed by atoms with Crippen molar-refractivity contribution in [2.45, 2.75) is 31.1 Å². The summed E-state index contributed by atoms with van der Waals surface area (Å²) in [5, 5.41) is 8.36. The molecule has 0 bridgehead atoms. The van der Waals surface area contributed by atoms with Gasteiger partial charge in [0.2, 0.25) is 10.0 Å². The van der Waals surface area contributed by atoms with Crippen LogP contribution in [0.2, 0.25) is 0 Å². The zero-order valence-electron chi connectivity index (χ0n) is 11.1. The number of nitrogens with two attached hydrogens (primary N) is 2. The normalized spacial score (nSPS) is 23.5. The average molecular weight is 283 g/mol. The first-order chi connectivity index (χ1) is 8.86. The molecule has 0 saturated heterocycles. The van der Waals surface area contributed by atoms with Crippen molar-refractivity contribution in [1.82, 2.24) is 0 Å². The number of nitrogen functional groups attached to an aromatic ring is 1. The minimum Gasteiger partial charge on any atom is -0.397 e. The van der Waals surface area contributed by atoms with Crippen molar-refractivity contribution in [2.75, 3.05) is 17.6 Å². The van der Waals surface area contributed by atoms with Crippen LogP contribution in [0.1, 0.15) is 26.2 Å². The highest BCUT2D eigenvalue weighted by Gasteiger charge is 2.21. The van der Waals surface area contributed by atoms with Gasteiger partial charge in [-0.05, 0) is 42.9 Å². The van der Waals surface area contributed by atoms with Gasteiger partial charge in [-0.3, -0.25) is 0 Å².